The van der Waals surface area contributed by atoms with Gasteiger partial charge in [-0.05, 0) is 37.1 Å². The number of ether oxygens (including phenoxy) is 1. The van der Waals surface area contributed by atoms with Crippen LogP contribution < -0.4 is 15.6 Å². The van der Waals surface area contributed by atoms with E-state index >= 15 is 0 Å². The van der Waals surface area contributed by atoms with Crippen LogP contribution >= 0.6 is 23.2 Å². The van der Waals surface area contributed by atoms with Crippen LogP contribution in [0, 0.1) is 0 Å². The summed E-state index contributed by atoms with van der Waals surface area (Å²) in [6, 6.07) is 7.81. The second kappa shape index (κ2) is 10.2. The number of aromatic nitrogens is 2. The van der Waals surface area contributed by atoms with Crippen LogP contribution in [0.2, 0.25) is 10.0 Å². The summed E-state index contributed by atoms with van der Waals surface area (Å²) in [4.78, 5) is 23.9. The summed E-state index contributed by atoms with van der Waals surface area (Å²) in [6.07, 6.45) is 2.38. The molecule has 0 saturated carbocycles. The molecule has 140 valence electrons. The third-order valence-electron chi connectivity index (χ3n) is 3.58. The van der Waals surface area contributed by atoms with Crippen LogP contribution in [0.4, 0.5) is 0 Å². The lowest BCUT2D eigenvalue weighted by Gasteiger charge is -2.09. The molecule has 8 heteroatoms. The molecule has 0 aliphatic rings. The van der Waals surface area contributed by atoms with E-state index in [4.69, 9.17) is 27.9 Å². The van der Waals surface area contributed by atoms with E-state index in [1.807, 2.05) is 6.92 Å². The summed E-state index contributed by atoms with van der Waals surface area (Å²) in [7, 11) is 0. The number of nitrogens with one attached hydrogen (secondary N) is 1. The van der Waals surface area contributed by atoms with Gasteiger partial charge < -0.3 is 10.1 Å². The number of hydrogen-bond acceptors (Lipinski definition) is 4. The van der Waals surface area contributed by atoms with Gasteiger partial charge in [0.25, 0.3) is 11.5 Å². The summed E-state index contributed by atoms with van der Waals surface area (Å²) in [5, 5.41) is 7.86. The molecule has 0 atom stereocenters. The van der Waals surface area contributed by atoms with Crippen LogP contribution in [0.3, 0.4) is 0 Å². The molecule has 1 N–H and O–H groups in total. The second-order valence-corrected chi connectivity index (χ2v) is 6.51. The molecule has 6 nitrogen and oxygen atoms in total. The quantitative estimate of drug-likeness (QED) is 0.656. The van der Waals surface area contributed by atoms with Crippen LogP contribution in [0.5, 0.6) is 5.75 Å². The number of benzene rings is 1. The zero-order valence-electron chi connectivity index (χ0n) is 14.5. The summed E-state index contributed by atoms with van der Waals surface area (Å²) < 4.78 is 6.88. The van der Waals surface area contributed by atoms with Gasteiger partial charge in [-0.2, -0.15) is 5.10 Å². The highest BCUT2D eigenvalue weighted by Crippen LogP contribution is 2.27. The van der Waals surface area contributed by atoms with Gasteiger partial charge in [-0.15, -0.1) is 0 Å². The van der Waals surface area contributed by atoms with Gasteiger partial charge >= 0.3 is 0 Å². The molecule has 0 bridgehead atoms. The standard InChI is InChI=1S/C18H21Cl2N3O3/c1-2-3-10-23-17(24)8-6-15(22-23)18(25)21-9-4-11-26-16-7-5-13(19)12-14(16)20/h5-8,12H,2-4,9-11H2,1H3,(H,21,25). The van der Waals surface area contributed by atoms with Gasteiger partial charge in [-0.3, -0.25) is 9.59 Å². The molecule has 1 aromatic carbocycles. The predicted octanol–water partition coefficient (Wildman–Crippen LogP) is 3.55. The molecule has 0 unspecified atom stereocenters. The van der Waals surface area contributed by atoms with Gasteiger partial charge in [0.05, 0.1) is 11.6 Å². The maximum absolute atomic E-state index is 12.1. The Morgan fingerprint density at radius 3 is 2.77 bits per heavy atom. The van der Waals surface area contributed by atoms with Crippen molar-refractivity contribution in [2.75, 3.05) is 13.2 Å². The number of carbonyl (C=O) groups is 1. The molecule has 0 radical (unpaired) electrons. The highest BCUT2D eigenvalue weighted by Gasteiger charge is 2.09. The predicted molar refractivity (Wildman–Crippen MR) is 102 cm³/mol. The zero-order chi connectivity index (χ0) is 18.9. The van der Waals surface area contributed by atoms with Crippen LogP contribution in [-0.4, -0.2) is 28.8 Å². The van der Waals surface area contributed by atoms with Crippen molar-refractivity contribution < 1.29 is 9.53 Å². The van der Waals surface area contributed by atoms with Crippen LogP contribution in [0.25, 0.3) is 0 Å². The summed E-state index contributed by atoms with van der Waals surface area (Å²) >= 11 is 11.8. The molecule has 2 aromatic rings. The average Bonchev–Trinajstić information content (AvgIpc) is 2.62. The number of nitrogens with zero attached hydrogens (tertiary/aromatic N) is 2. The first-order chi connectivity index (χ1) is 12.5. The molecular formula is C18H21Cl2N3O3. The number of aryl methyl sites for hydroxylation is 1. The maximum Gasteiger partial charge on any atom is 0.271 e. The molecular weight excluding hydrogens is 377 g/mol. The van der Waals surface area contributed by atoms with E-state index in [1.54, 1.807) is 18.2 Å². The van der Waals surface area contributed by atoms with E-state index in [-0.39, 0.29) is 17.2 Å². The highest BCUT2D eigenvalue weighted by atomic mass is 35.5. The SMILES string of the molecule is CCCCn1nc(C(=O)NCCCOc2ccc(Cl)cc2Cl)ccc1=O. The molecule has 1 aromatic heterocycles. The number of halogens is 2. The minimum absolute atomic E-state index is 0.205. The first-order valence-electron chi connectivity index (χ1n) is 8.45. The molecule has 0 aliphatic carbocycles. The normalized spacial score (nSPS) is 10.6. The lowest BCUT2D eigenvalue weighted by atomic mass is 10.3. The Hall–Kier alpha value is -2.05. The Kier molecular flexibility index (Phi) is 7.94. The molecule has 2 rings (SSSR count). The fraction of sp³-hybridized carbons (Fsp3) is 0.389. The van der Waals surface area contributed by atoms with Crippen molar-refractivity contribution in [3.05, 3.63) is 56.4 Å². The first-order valence-corrected chi connectivity index (χ1v) is 9.21. The van der Waals surface area contributed by atoms with E-state index in [1.165, 1.54) is 16.8 Å². The van der Waals surface area contributed by atoms with Gasteiger partial charge in [0.1, 0.15) is 11.4 Å². The van der Waals surface area contributed by atoms with Gasteiger partial charge in [-0.25, -0.2) is 4.68 Å². The fourth-order valence-corrected chi connectivity index (χ4v) is 2.64. The minimum atomic E-state index is -0.320. The Bertz CT molecular complexity index is 809. The lowest BCUT2D eigenvalue weighted by molar-refractivity contribution is 0.0944. The van der Waals surface area contributed by atoms with Gasteiger partial charge in [0.2, 0.25) is 0 Å². The maximum atomic E-state index is 12.1. The van der Waals surface area contributed by atoms with E-state index < -0.39 is 0 Å². The van der Waals surface area contributed by atoms with E-state index in [2.05, 4.69) is 10.4 Å². The van der Waals surface area contributed by atoms with Crippen molar-refractivity contribution in [1.82, 2.24) is 15.1 Å². The van der Waals surface area contributed by atoms with Crippen LogP contribution in [0.1, 0.15) is 36.7 Å². The van der Waals surface area contributed by atoms with Crippen molar-refractivity contribution in [1.29, 1.82) is 0 Å². The monoisotopic (exact) mass is 397 g/mol. The molecule has 0 spiro atoms. The van der Waals surface area contributed by atoms with Crippen LogP contribution in [0.15, 0.2) is 35.1 Å². The van der Waals surface area contributed by atoms with E-state index in [9.17, 15) is 9.59 Å². The Labute approximate surface area is 162 Å². The Morgan fingerprint density at radius 1 is 1.23 bits per heavy atom. The van der Waals surface area contributed by atoms with Gasteiger partial charge in [-0.1, -0.05) is 36.5 Å². The average molecular weight is 398 g/mol. The molecule has 1 heterocycles. The number of rotatable bonds is 9. The molecule has 26 heavy (non-hydrogen) atoms. The third-order valence-corrected chi connectivity index (χ3v) is 4.11. The molecule has 0 aliphatic heterocycles. The lowest BCUT2D eigenvalue weighted by Crippen LogP contribution is -2.30. The molecule has 0 fully saturated rings. The van der Waals surface area contributed by atoms with E-state index in [0.29, 0.717) is 41.9 Å². The molecule has 1 amide bonds. The second-order valence-electron chi connectivity index (χ2n) is 5.67. The van der Waals surface area contributed by atoms with Crippen LogP contribution in [-0.2, 0) is 6.54 Å². The van der Waals surface area contributed by atoms with Crippen molar-refractivity contribution in [3.63, 3.8) is 0 Å². The number of amides is 1. The summed E-state index contributed by atoms with van der Waals surface area (Å²) in [5.41, 5.74) is 0.0191. The summed E-state index contributed by atoms with van der Waals surface area (Å²) in [5.74, 6) is 0.229. The number of carbonyl (C=O) groups excluding carboxylic acids is 1. The van der Waals surface area contributed by atoms with Crippen molar-refractivity contribution in [3.8, 4) is 5.75 Å². The Balaban J connectivity index is 1.79. The van der Waals surface area contributed by atoms with Gasteiger partial charge in [0, 0.05) is 24.2 Å². The Morgan fingerprint density at radius 2 is 2.04 bits per heavy atom. The number of hydrogen-bond donors (Lipinski definition) is 1. The highest BCUT2D eigenvalue weighted by molar-refractivity contribution is 6.35. The van der Waals surface area contributed by atoms with Crippen molar-refractivity contribution in [2.24, 2.45) is 0 Å². The van der Waals surface area contributed by atoms with Gasteiger partial charge in [0.15, 0.2) is 0 Å². The zero-order valence-corrected chi connectivity index (χ0v) is 16.0. The third kappa shape index (κ3) is 6.04. The minimum Gasteiger partial charge on any atom is -0.492 e. The van der Waals surface area contributed by atoms with Crippen molar-refractivity contribution in [2.45, 2.75) is 32.7 Å². The topological polar surface area (TPSA) is 73.2 Å². The smallest absolute Gasteiger partial charge is 0.271 e. The summed E-state index contributed by atoms with van der Waals surface area (Å²) in [6.45, 7) is 3.35. The van der Waals surface area contributed by atoms with E-state index in [0.717, 1.165) is 12.8 Å². The fourth-order valence-electron chi connectivity index (χ4n) is 2.18. The largest absolute Gasteiger partial charge is 0.492 e. The molecule has 0 saturated heterocycles. The first kappa shape index (κ1) is 20.3. The van der Waals surface area contributed by atoms with Crippen molar-refractivity contribution >= 4 is 29.1 Å². The number of unbranched alkanes of at least 4 members (excludes halogenated alkanes) is 1.